The number of anilines is 2. The average molecular weight is 290 g/mol. The van der Waals surface area contributed by atoms with Gasteiger partial charge in [-0.25, -0.2) is 9.37 Å². The zero-order valence-electron chi connectivity index (χ0n) is 10.2. The molecule has 1 N–H and O–H groups in total. The lowest BCUT2D eigenvalue weighted by Gasteiger charge is -2.02. The Kier molecular flexibility index (Phi) is 3.40. The molecule has 0 fully saturated rings. The molecule has 0 aliphatic rings. The quantitative estimate of drug-likeness (QED) is 0.694. The van der Waals surface area contributed by atoms with E-state index in [0.29, 0.717) is 0 Å². The van der Waals surface area contributed by atoms with E-state index in [0.717, 1.165) is 21.0 Å². The van der Waals surface area contributed by atoms with Crippen molar-refractivity contribution in [2.75, 3.05) is 11.6 Å². The molecule has 0 aliphatic heterocycles. The van der Waals surface area contributed by atoms with Gasteiger partial charge in [-0.1, -0.05) is 11.3 Å². The van der Waals surface area contributed by atoms with Crippen LogP contribution < -0.4 is 5.32 Å². The minimum atomic E-state index is -0.230. The van der Waals surface area contributed by atoms with Gasteiger partial charge in [0.2, 0.25) is 0 Å². The molecule has 2 aromatic carbocycles. The minimum absolute atomic E-state index is 0.230. The van der Waals surface area contributed by atoms with Crippen molar-refractivity contribution < 1.29 is 4.39 Å². The maximum absolute atomic E-state index is 13.1. The second-order valence-corrected chi connectivity index (χ2v) is 5.89. The normalized spacial score (nSPS) is 10.8. The maximum Gasteiger partial charge on any atom is 0.188 e. The van der Waals surface area contributed by atoms with Crippen LogP contribution in [0.25, 0.3) is 10.2 Å². The summed E-state index contributed by atoms with van der Waals surface area (Å²) in [5.41, 5.74) is 1.80. The molecular formula is C14H11FN2S2. The van der Waals surface area contributed by atoms with Crippen LogP contribution in [0, 0.1) is 5.82 Å². The van der Waals surface area contributed by atoms with Gasteiger partial charge in [-0.3, -0.25) is 0 Å². The largest absolute Gasteiger partial charge is 0.332 e. The van der Waals surface area contributed by atoms with Gasteiger partial charge in [0.15, 0.2) is 5.13 Å². The lowest BCUT2D eigenvalue weighted by atomic mass is 10.3. The van der Waals surface area contributed by atoms with Gasteiger partial charge < -0.3 is 5.32 Å². The van der Waals surface area contributed by atoms with Gasteiger partial charge in [0.05, 0.1) is 10.2 Å². The molecule has 0 atom stereocenters. The molecule has 0 unspecified atom stereocenters. The van der Waals surface area contributed by atoms with Crippen LogP contribution in [0.1, 0.15) is 0 Å². The predicted octanol–water partition coefficient (Wildman–Crippen LogP) is 4.90. The Hall–Kier alpha value is -1.59. The molecule has 0 saturated carbocycles. The molecule has 96 valence electrons. The molecule has 3 rings (SSSR count). The number of halogens is 1. The fraction of sp³-hybridized carbons (Fsp3) is 0.0714. The van der Waals surface area contributed by atoms with Crippen LogP contribution in [0.3, 0.4) is 0 Å². The van der Waals surface area contributed by atoms with E-state index in [1.165, 1.54) is 28.4 Å². The summed E-state index contributed by atoms with van der Waals surface area (Å²) in [6.07, 6.45) is 2.05. The molecule has 1 heterocycles. The van der Waals surface area contributed by atoms with Crippen molar-refractivity contribution in [3.8, 4) is 0 Å². The minimum Gasteiger partial charge on any atom is -0.332 e. The Balaban J connectivity index is 1.87. The summed E-state index contributed by atoms with van der Waals surface area (Å²) in [6, 6.07) is 12.8. The standard InChI is InChI=1S/C14H11FN2S2/c1-18-11-5-3-10(4-6-11)16-14-17-12-7-2-9(15)8-13(12)19-14/h2-8H,1H3,(H,16,17). The number of fused-ring (bicyclic) bond motifs is 1. The van der Waals surface area contributed by atoms with Crippen molar-refractivity contribution in [2.45, 2.75) is 4.90 Å². The van der Waals surface area contributed by atoms with Crippen molar-refractivity contribution in [1.82, 2.24) is 4.98 Å². The van der Waals surface area contributed by atoms with E-state index >= 15 is 0 Å². The highest BCUT2D eigenvalue weighted by Crippen LogP contribution is 2.29. The highest BCUT2D eigenvalue weighted by molar-refractivity contribution is 7.98. The number of hydrogen-bond acceptors (Lipinski definition) is 4. The molecule has 0 aliphatic carbocycles. The van der Waals surface area contributed by atoms with E-state index in [1.54, 1.807) is 17.8 Å². The molecule has 19 heavy (non-hydrogen) atoms. The maximum atomic E-state index is 13.1. The first-order chi connectivity index (χ1) is 9.24. The highest BCUT2D eigenvalue weighted by Gasteiger charge is 2.05. The van der Waals surface area contributed by atoms with E-state index in [1.807, 2.05) is 18.4 Å². The molecular weight excluding hydrogens is 279 g/mol. The van der Waals surface area contributed by atoms with Gasteiger partial charge in [0.25, 0.3) is 0 Å². The summed E-state index contributed by atoms with van der Waals surface area (Å²) < 4.78 is 14.0. The zero-order valence-corrected chi connectivity index (χ0v) is 11.8. The van der Waals surface area contributed by atoms with Gasteiger partial charge in [0.1, 0.15) is 5.82 Å². The third kappa shape index (κ3) is 2.72. The van der Waals surface area contributed by atoms with E-state index < -0.39 is 0 Å². The number of aromatic nitrogens is 1. The molecule has 3 aromatic rings. The van der Waals surface area contributed by atoms with Gasteiger partial charge >= 0.3 is 0 Å². The zero-order chi connectivity index (χ0) is 13.2. The van der Waals surface area contributed by atoms with Crippen molar-refractivity contribution in [1.29, 1.82) is 0 Å². The number of hydrogen-bond donors (Lipinski definition) is 1. The Morgan fingerprint density at radius 1 is 1.16 bits per heavy atom. The molecule has 0 radical (unpaired) electrons. The summed E-state index contributed by atoms with van der Waals surface area (Å²) in [7, 11) is 0. The topological polar surface area (TPSA) is 24.9 Å². The van der Waals surface area contributed by atoms with Crippen LogP contribution in [0.2, 0.25) is 0 Å². The summed E-state index contributed by atoms with van der Waals surface area (Å²) in [6.45, 7) is 0. The van der Waals surface area contributed by atoms with Crippen LogP contribution in [0.15, 0.2) is 47.4 Å². The second kappa shape index (κ2) is 5.19. The van der Waals surface area contributed by atoms with Gasteiger partial charge in [-0.2, -0.15) is 0 Å². The third-order valence-corrected chi connectivity index (χ3v) is 4.37. The van der Waals surface area contributed by atoms with Crippen LogP contribution >= 0.6 is 23.1 Å². The van der Waals surface area contributed by atoms with Crippen LogP contribution in [-0.2, 0) is 0 Å². The Labute approximate surface area is 118 Å². The number of rotatable bonds is 3. The van der Waals surface area contributed by atoms with E-state index in [4.69, 9.17) is 0 Å². The van der Waals surface area contributed by atoms with Crippen molar-refractivity contribution in [2.24, 2.45) is 0 Å². The Bertz CT molecular complexity index is 707. The summed E-state index contributed by atoms with van der Waals surface area (Å²) in [5.74, 6) is -0.230. The van der Waals surface area contributed by atoms with Gasteiger partial charge in [-0.15, -0.1) is 11.8 Å². The Morgan fingerprint density at radius 3 is 2.68 bits per heavy atom. The molecule has 2 nitrogen and oxygen atoms in total. The smallest absolute Gasteiger partial charge is 0.188 e. The van der Waals surface area contributed by atoms with Crippen molar-refractivity contribution >= 4 is 44.1 Å². The lowest BCUT2D eigenvalue weighted by Crippen LogP contribution is -1.88. The fourth-order valence-corrected chi connectivity index (χ4v) is 3.07. The first kappa shape index (κ1) is 12.4. The van der Waals surface area contributed by atoms with Crippen LogP contribution in [0.4, 0.5) is 15.2 Å². The predicted molar refractivity (Wildman–Crippen MR) is 81.1 cm³/mol. The SMILES string of the molecule is CSc1ccc(Nc2nc3ccc(F)cc3s2)cc1. The van der Waals surface area contributed by atoms with E-state index in [2.05, 4.69) is 22.4 Å². The monoisotopic (exact) mass is 290 g/mol. The number of thiazole rings is 1. The number of thioether (sulfide) groups is 1. The summed E-state index contributed by atoms with van der Waals surface area (Å²) in [4.78, 5) is 5.65. The van der Waals surface area contributed by atoms with Crippen molar-refractivity contribution in [3.05, 3.63) is 48.3 Å². The van der Waals surface area contributed by atoms with E-state index in [9.17, 15) is 4.39 Å². The Morgan fingerprint density at radius 2 is 1.95 bits per heavy atom. The summed E-state index contributed by atoms with van der Waals surface area (Å²) >= 11 is 3.16. The summed E-state index contributed by atoms with van der Waals surface area (Å²) in [5, 5.41) is 4.02. The van der Waals surface area contributed by atoms with Crippen molar-refractivity contribution in [3.63, 3.8) is 0 Å². The number of benzene rings is 2. The molecule has 0 bridgehead atoms. The first-order valence-electron chi connectivity index (χ1n) is 5.72. The molecule has 0 saturated heterocycles. The first-order valence-corrected chi connectivity index (χ1v) is 7.76. The van der Waals surface area contributed by atoms with Crippen LogP contribution in [-0.4, -0.2) is 11.2 Å². The highest BCUT2D eigenvalue weighted by atomic mass is 32.2. The number of nitrogens with zero attached hydrogens (tertiary/aromatic N) is 1. The third-order valence-electron chi connectivity index (χ3n) is 2.69. The molecule has 1 aromatic heterocycles. The van der Waals surface area contributed by atoms with E-state index in [-0.39, 0.29) is 5.82 Å². The second-order valence-electron chi connectivity index (χ2n) is 3.98. The van der Waals surface area contributed by atoms with Crippen LogP contribution in [0.5, 0.6) is 0 Å². The van der Waals surface area contributed by atoms with Gasteiger partial charge in [-0.05, 0) is 48.7 Å². The fourth-order valence-electron chi connectivity index (χ4n) is 1.75. The molecule has 5 heteroatoms. The lowest BCUT2D eigenvalue weighted by molar-refractivity contribution is 0.630. The number of nitrogens with one attached hydrogen (secondary N) is 1. The average Bonchev–Trinajstić information content (AvgIpc) is 2.81. The van der Waals surface area contributed by atoms with Gasteiger partial charge in [0, 0.05) is 10.6 Å². The molecule has 0 amide bonds. The molecule has 0 spiro atoms.